The average molecular weight is 341 g/mol. The second-order valence-electron chi connectivity index (χ2n) is 6.60. The lowest BCUT2D eigenvalue weighted by molar-refractivity contribution is 0.0477. The summed E-state index contributed by atoms with van der Waals surface area (Å²) in [5.74, 6) is -0.955. The standard InChI is InChI=1S/C15H23N3O4S/c1-6-10-9(17-14(21)22-15(3,4)5)7-18(10)13-16-8(2)11(23-13)12(19)20/h9-10H,6-7H2,1-5H3,(H,17,21)(H,19,20)/t9-,10-/m1/s1. The lowest BCUT2D eigenvalue weighted by Gasteiger charge is -2.47. The molecule has 0 aliphatic carbocycles. The van der Waals surface area contributed by atoms with E-state index in [1.807, 2.05) is 32.6 Å². The molecule has 23 heavy (non-hydrogen) atoms. The molecule has 2 rings (SSSR count). The summed E-state index contributed by atoms with van der Waals surface area (Å²) in [6.07, 6.45) is 0.392. The van der Waals surface area contributed by atoms with Crippen molar-refractivity contribution >= 4 is 28.5 Å². The number of anilines is 1. The number of amides is 1. The Morgan fingerprint density at radius 1 is 1.48 bits per heavy atom. The number of alkyl carbamates (subject to hydrolysis) is 1. The van der Waals surface area contributed by atoms with Gasteiger partial charge in [-0.2, -0.15) is 0 Å². The number of aromatic carboxylic acids is 1. The minimum absolute atomic E-state index is 0.0210. The number of nitrogens with one attached hydrogen (secondary N) is 1. The van der Waals surface area contributed by atoms with Crippen LogP contribution in [-0.4, -0.2) is 46.4 Å². The number of aryl methyl sites for hydroxylation is 1. The number of rotatable bonds is 4. The number of carbonyl (C=O) groups is 2. The molecular formula is C15H23N3O4S. The second-order valence-corrected chi connectivity index (χ2v) is 7.57. The van der Waals surface area contributed by atoms with Crippen molar-refractivity contribution in [1.29, 1.82) is 0 Å². The van der Waals surface area contributed by atoms with E-state index in [0.29, 0.717) is 17.4 Å². The summed E-state index contributed by atoms with van der Waals surface area (Å²) in [7, 11) is 0. The number of ether oxygens (including phenoxy) is 1. The van der Waals surface area contributed by atoms with Gasteiger partial charge in [0, 0.05) is 6.54 Å². The lowest BCUT2D eigenvalue weighted by Crippen LogP contribution is -2.67. The van der Waals surface area contributed by atoms with Crippen LogP contribution in [0.2, 0.25) is 0 Å². The van der Waals surface area contributed by atoms with Gasteiger partial charge in [-0.15, -0.1) is 0 Å². The van der Waals surface area contributed by atoms with Crippen LogP contribution in [0.3, 0.4) is 0 Å². The average Bonchev–Trinajstić information content (AvgIpc) is 2.74. The van der Waals surface area contributed by atoms with E-state index in [-0.39, 0.29) is 17.0 Å². The second kappa shape index (κ2) is 6.35. The largest absolute Gasteiger partial charge is 0.477 e. The van der Waals surface area contributed by atoms with Crippen molar-refractivity contribution in [3.63, 3.8) is 0 Å². The van der Waals surface area contributed by atoms with Crippen LogP contribution < -0.4 is 10.2 Å². The molecular weight excluding hydrogens is 318 g/mol. The highest BCUT2D eigenvalue weighted by atomic mass is 32.1. The van der Waals surface area contributed by atoms with Crippen LogP contribution in [0.25, 0.3) is 0 Å². The molecule has 0 unspecified atom stereocenters. The van der Waals surface area contributed by atoms with E-state index in [2.05, 4.69) is 10.3 Å². The van der Waals surface area contributed by atoms with Crippen LogP contribution in [0.15, 0.2) is 0 Å². The molecule has 1 aliphatic rings. The molecule has 0 spiro atoms. The molecule has 7 nitrogen and oxygen atoms in total. The summed E-state index contributed by atoms with van der Waals surface area (Å²) in [4.78, 5) is 29.6. The first-order valence-corrected chi connectivity index (χ1v) is 8.41. The number of nitrogens with zero attached hydrogens (tertiary/aromatic N) is 2. The first-order valence-electron chi connectivity index (χ1n) is 7.59. The van der Waals surface area contributed by atoms with E-state index >= 15 is 0 Å². The van der Waals surface area contributed by atoms with Gasteiger partial charge in [0.25, 0.3) is 0 Å². The summed E-state index contributed by atoms with van der Waals surface area (Å²) in [5.41, 5.74) is -0.00574. The number of aromatic nitrogens is 1. The molecule has 8 heteroatoms. The molecule has 2 atom stereocenters. The molecule has 1 fully saturated rings. The van der Waals surface area contributed by atoms with Crippen LogP contribution >= 0.6 is 11.3 Å². The number of thiazole rings is 1. The van der Waals surface area contributed by atoms with Gasteiger partial charge in [-0.25, -0.2) is 14.6 Å². The van der Waals surface area contributed by atoms with Crippen molar-refractivity contribution in [2.75, 3.05) is 11.4 Å². The molecule has 1 saturated heterocycles. The molecule has 1 aromatic heterocycles. The van der Waals surface area contributed by atoms with Gasteiger partial charge in [-0.3, -0.25) is 0 Å². The molecule has 128 valence electrons. The van der Waals surface area contributed by atoms with Crippen molar-refractivity contribution in [3.8, 4) is 0 Å². The van der Waals surface area contributed by atoms with Crippen molar-refractivity contribution < 1.29 is 19.4 Å². The molecule has 0 bridgehead atoms. The predicted molar refractivity (Wildman–Crippen MR) is 88.4 cm³/mol. The Morgan fingerprint density at radius 3 is 2.61 bits per heavy atom. The Kier molecular flexibility index (Phi) is 4.84. The van der Waals surface area contributed by atoms with Crippen molar-refractivity contribution in [2.45, 2.75) is 58.7 Å². The predicted octanol–water partition coefficient (Wildman–Crippen LogP) is 2.64. The first-order chi connectivity index (χ1) is 10.6. The highest BCUT2D eigenvalue weighted by molar-refractivity contribution is 7.17. The highest BCUT2D eigenvalue weighted by Crippen LogP contribution is 2.34. The van der Waals surface area contributed by atoms with Crippen molar-refractivity contribution in [3.05, 3.63) is 10.6 Å². The summed E-state index contributed by atoms with van der Waals surface area (Å²) in [5, 5.41) is 12.7. The zero-order valence-corrected chi connectivity index (χ0v) is 14.9. The first kappa shape index (κ1) is 17.5. The van der Waals surface area contributed by atoms with Gasteiger partial charge in [0.15, 0.2) is 5.13 Å². The van der Waals surface area contributed by atoms with Crippen LogP contribution in [0.4, 0.5) is 9.93 Å². The van der Waals surface area contributed by atoms with Gasteiger partial charge >= 0.3 is 12.1 Å². The Hall–Kier alpha value is -1.83. The van der Waals surface area contributed by atoms with Gasteiger partial charge in [0.1, 0.15) is 10.5 Å². The summed E-state index contributed by atoms with van der Waals surface area (Å²) in [6.45, 7) is 9.79. The van der Waals surface area contributed by atoms with E-state index < -0.39 is 17.7 Å². The van der Waals surface area contributed by atoms with E-state index in [9.17, 15) is 9.59 Å². The van der Waals surface area contributed by atoms with E-state index in [1.165, 1.54) is 11.3 Å². The Labute approximate surface area is 139 Å². The number of carbonyl (C=O) groups excluding carboxylic acids is 1. The van der Waals surface area contributed by atoms with E-state index in [4.69, 9.17) is 9.84 Å². The zero-order valence-electron chi connectivity index (χ0n) is 14.0. The maximum absolute atomic E-state index is 11.9. The third kappa shape index (κ3) is 3.93. The Bertz CT molecular complexity index is 608. The SMILES string of the molecule is CC[C@@H]1[C@H](NC(=O)OC(C)(C)C)CN1c1nc(C)c(C(=O)O)s1. The minimum atomic E-state index is -0.955. The van der Waals surface area contributed by atoms with Gasteiger partial charge in [0.05, 0.1) is 17.8 Å². The van der Waals surface area contributed by atoms with Crippen molar-refractivity contribution in [1.82, 2.24) is 10.3 Å². The number of carboxylic acids is 1. The van der Waals surface area contributed by atoms with Gasteiger partial charge in [-0.05, 0) is 34.1 Å². The topological polar surface area (TPSA) is 91.8 Å². The maximum atomic E-state index is 11.9. The molecule has 2 heterocycles. The molecule has 1 aliphatic heterocycles. The minimum Gasteiger partial charge on any atom is -0.477 e. The number of hydrogen-bond acceptors (Lipinski definition) is 6. The summed E-state index contributed by atoms with van der Waals surface area (Å²) < 4.78 is 5.27. The molecule has 0 radical (unpaired) electrons. The van der Waals surface area contributed by atoms with E-state index in [0.717, 1.165) is 6.42 Å². The molecule has 1 aromatic rings. The molecule has 0 saturated carbocycles. The maximum Gasteiger partial charge on any atom is 0.408 e. The Morgan fingerprint density at radius 2 is 2.13 bits per heavy atom. The highest BCUT2D eigenvalue weighted by Gasteiger charge is 2.41. The van der Waals surface area contributed by atoms with Crippen LogP contribution in [0.1, 0.15) is 49.5 Å². The van der Waals surface area contributed by atoms with Crippen LogP contribution in [-0.2, 0) is 4.74 Å². The van der Waals surface area contributed by atoms with Gasteiger partial charge in [-0.1, -0.05) is 18.3 Å². The number of carboxylic acid groups (broad SMARTS) is 1. The monoisotopic (exact) mass is 341 g/mol. The lowest BCUT2D eigenvalue weighted by atomic mass is 9.95. The van der Waals surface area contributed by atoms with Crippen molar-refractivity contribution in [2.24, 2.45) is 0 Å². The zero-order chi connectivity index (χ0) is 17.4. The normalized spacial score (nSPS) is 20.8. The van der Waals surface area contributed by atoms with Crippen LogP contribution in [0, 0.1) is 6.92 Å². The summed E-state index contributed by atoms with van der Waals surface area (Å²) >= 11 is 1.17. The van der Waals surface area contributed by atoms with Gasteiger partial charge < -0.3 is 20.1 Å². The Balaban J connectivity index is 2.01. The number of hydrogen-bond donors (Lipinski definition) is 2. The fourth-order valence-corrected chi connectivity index (χ4v) is 3.55. The smallest absolute Gasteiger partial charge is 0.408 e. The third-order valence-corrected chi connectivity index (χ3v) is 4.79. The van der Waals surface area contributed by atoms with E-state index in [1.54, 1.807) is 6.92 Å². The third-order valence-electron chi connectivity index (χ3n) is 3.60. The van der Waals surface area contributed by atoms with Crippen LogP contribution in [0.5, 0.6) is 0 Å². The van der Waals surface area contributed by atoms with Gasteiger partial charge in [0.2, 0.25) is 0 Å². The summed E-state index contributed by atoms with van der Waals surface area (Å²) in [6, 6.07) is 0.0713. The molecule has 1 amide bonds. The molecule has 0 aromatic carbocycles. The molecule has 2 N–H and O–H groups in total. The quantitative estimate of drug-likeness (QED) is 0.875. The fraction of sp³-hybridized carbons (Fsp3) is 0.667. The fourth-order valence-electron chi connectivity index (χ4n) is 2.58.